The number of fused-ring (bicyclic) bond motifs is 1. The van der Waals surface area contributed by atoms with E-state index in [0.29, 0.717) is 59.7 Å². The topological polar surface area (TPSA) is 135 Å². The zero-order valence-electron chi connectivity index (χ0n) is 28.1. The van der Waals surface area contributed by atoms with Crippen LogP contribution >= 0.6 is 46.3 Å². The van der Waals surface area contributed by atoms with Crippen molar-refractivity contribution >= 4 is 69.7 Å². The molecule has 1 atom stereocenters. The molecule has 0 saturated heterocycles. The normalized spacial score (nSPS) is 14.2. The lowest BCUT2D eigenvalue weighted by atomic mass is 9.93. The molecule has 0 saturated carbocycles. The summed E-state index contributed by atoms with van der Waals surface area (Å²) < 4.78 is 9.17. The highest BCUT2D eigenvalue weighted by Gasteiger charge is 2.35. The van der Waals surface area contributed by atoms with Crippen molar-refractivity contribution in [3.63, 3.8) is 0 Å². The van der Waals surface area contributed by atoms with E-state index in [1.165, 1.54) is 28.5 Å². The number of ether oxygens (including phenoxy) is 1. The Morgan fingerprint density at radius 2 is 1.72 bits per heavy atom. The average molecular weight is 784 g/mol. The van der Waals surface area contributed by atoms with Crippen molar-refractivity contribution in [3.05, 3.63) is 159 Å². The first-order valence-corrected chi connectivity index (χ1v) is 18.7. The predicted octanol–water partition coefficient (Wildman–Crippen LogP) is 7.58. The van der Waals surface area contributed by atoms with Gasteiger partial charge in [0.1, 0.15) is 0 Å². The van der Waals surface area contributed by atoms with Gasteiger partial charge in [-0.2, -0.15) is 0 Å². The number of nitro benzene ring substituents is 1. The highest BCUT2D eigenvalue weighted by atomic mass is 35.5. The summed E-state index contributed by atoms with van der Waals surface area (Å²) in [5, 5.41) is 22.4. The van der Waals surface area contributed by atoms with Crippen LogP contribution < -0.4 is 14.9 Å². The zero-order chi connectivity index (χ0) is 37.2. The fourth-order valence-corrected chi connectivity index (χ4v) is 8.27. The van der Waals surface area contributed by atoms with Gasteiger partial charge >= 0.3 is 5.97 Å². The maximum absolute atomic E-state index is 14.5. The van der Waals surface area contributed by atoms with Gasteiger partial charge in [0.2, 0.25) is 0 Å². The molecule has 6 aromatic rings. The van der Waals surface area contributed by atoms with Crippen LogP contribution in [-0.4, -0.2) is 36.8 Å². The van der Waals surface area contributed by atoms with Crippen molar-refractivity contribution in [1.82, 2.24) is 19.3 Å². The largest absolute Gasteiger partial charge is 0.463 e. The van der Waals surface area contributed by atoms with E-state index in [1.54, 1.807) is 55.5 Å². The lowest BCUT2D eigenvalue weighted by Gasteiger charge is -2.25. The van der Waals surface area contributed by atoms with E-state index >= 15 is 0 Å². The summed E-state index contributed by atoms with van der Waals surface area (Å²) in [4.78, 5) is 45.6. The summed E-state index contributed by atoms with van der Waals surface area (Å²) in [6, 6.07) is 27.0. The number of carbonyl (C=O) groups excluding carboxylic acids is 1. The summed E-state index contributed by atoms with van der Waals surface area (Å²) in [6.07, 6.45) is 1.61. The monoisotopic (exact) mass is 782 g/mol. The molecule has 0 fully saturated rings. The SMILES string of the molecule is CCOC(=O)C1=C(c2ccccc2)N=c2s/c(=C/c3cc([N+](=O)[O-])ccc3Sc3nnc(-c4cccc(Cl)c4)n3CC)c(=O)n2[C@H]1c1ccc(Cl)cc1. The van der Waals surface area contributed by atoms with Gasteiger partial charge in [0.05, 0.1) is 33.4 Å². The second kappa shape index (κ2) is 15.3. The number of hydrogen-bond acceptors (Lipinski definition) is 10. The molecule has 0 bridgehead atoms. The van der Waals surface area contributed by atoms with Crippen LogP contribution in [0, 0.1) is 10.1 Å². The summed E-state index contributed by atoms with van der Waals surface area (Å²) >= 11 is 14.9. The van der Waals surface area contributed by atoms with E-state index < -0.39 is 22.5 Å². The van der Waals surface area contributed by atoms with Crippen molar-refractivity contribution in [1.29, 1.82) is 0 Å². The highest BCUT2D eigenvalue weighted by Crippen LogP contribution is 2.37. The van der Waals surface area contributed by atoms with Crippen LogP contribution in [0.1, 0.15) is 36.6 Å². The number of non-ortho nitro benzene ring substituents is 1. The number of aromatic nitrogens is 4. The van der Waals surface area contributed by atoms with Crippen molar-refractivity contribution in [2.75, 3.05) is 6.61 Å². The fourth-order valence-electron chi connectivity index (χ4n) is 5.99. The summed E-state index contributed by atoms with van der Waals surface area (Å²) in [7, 11) is 0. The Kier molecular flexibility index (Phi) is 10.4. The molecule has 15 heteroatoms. The number of nitro groups is 1. The Balaban J connectivity index is 1.42. The molecule has 0 spiro atoms. The second-order valence-electron chi connectivity index (χ2n) is 11.6. The molecular formula is C38H28Cl2N6O5S2. The van der Waals surface area contributed by atoms with Crippen LogP contribution in [0.2, 0.25) is 10.0 Å². The quantitative estimate of drug-likeness (QED) is 0.0789. The maximum Gasteiger partial charge on any atom is 0.338 e. The van der Waals surface area contributed by atoms with Crippen LogP contribution in [0.3, 0.4) is 0 Å². The first-order valence-electron chi connectivity index (χ1n) is 16.4. The van der Waals surface area contributed by atoms with Gasteiger partial charge in [-0.25, -0.2) is 9.79 Å². The van der Waals surface area contributed by atoms with Crippen LogP contribution in [0.15, 0.2) is 122 Å². The van der Waals surface area contributed by atoms with Crippen LogP contribution in [0.25, 0.3) is 23.2 Å². The van der Waals surface area contributed by atoms with Gasteiger partial charge in [0, 0.05) is 44.7 Å². The molecule has 1 aliphatic rings. The Bertz CT molecular complexity index is 2600. The smallest absolute Gasteiger partial charge is 0.338 e. The Labute approximate surface area is 320 Å². The molecule has 0 unspecified atom stereocenters. The number of rotatable bonds is 10. The summed E-state index contributed by atoms with van der Waals surface area (Å²) in [5.41, 5.74) is 2.47. The third-order valence-corrected chi connectivity index (χ3v) is 10.9. The van der Waals surface area contributed by atoms with Gasteiger partial charge in [-0.15, -0.1) is 10.2 Å². The minimum Gasteiger partial charge on any atom is -0.463 e. The van der Waals surface area contributed by atoms with Crippen LogP contribution in [-0.2, 0) is 16.1 Å². The molecule has 53 heavy (non-hydrogen) atoms. The summed E-state index contributed by atoms with van der Waals surface area (Å²) in [5.74, 6) is 0.00183. The van der Waals surface area contributed by atoms with E-state index in [4.69, 9.17) is 32.9 Å². The van der Waals surface area contributed by atoms with Gasteiger partial charge in [-0.05, 0) is 73.1 Å². The Hall–Kier alpha value is -5.34. The number of halogens is 2. The third kappa shape index (κ3) is 7.20. The minimum absolute atomic E-state index is 0.113. The number of hydrogen-bond donors (Lipinski definition) is 0. The van der Waals surface area contributed by atoms with Crippen LogP contribution in [0.4, 0.5) is 5.69 Å². The molecule has 7 rings (SSSR count). The predicted molar refractivity (Wildman–Crippen MR) is 206 cm³/mol. The number of benzene rings is 4. The molecule has 266 valence electrons. The average Bonchev–Trinajstić information content (AvgIpc) is 3.71. The fraction of sp³-hybridized carbons (Fsp3) is 0.132. The third-order valence-electron chi connectivity index (χ3n) is 8.37. The Morgan fingerprint density at radius 3 is 2.42 bits per heavy atom. The van der Waals surface area contributed by atoms with Crippen molar-refractivity contribution in [2.45, 2.75) is 36.5 Å². The number of thiazole rings is 1. The van der Waals surface area contributed by atoms with Crippen molar-refractivity contribution in [2.24, 2.45) is 4.99 Å². The molecule has 11 nitrogen and oxygen atoms in total. The molecule has 2 aromatic heterocycles. The van der Waals surface area contributed by atoms with E-state index in [2.05, 4.69) is 10.2 Å². The molecule has 0 N–H and O–H groups in total. The van der Waals surface area contributed by atoms with Gasteiger partial charge in [-0.1, -0.05) is 89.1 Å². The lowest BCUT2D eigenvalue weighted by molar-refractivity contribution is -0.384. The van der Waals surface area contributed by atoms with Gasteiger partial charge in [0.15, 0.2) is 15.8 Å². The summed E-state index contributed by atoms with van der Waals surface area (Å²) in [6.45, 7) is 4.32. The second-order valence-corrected chi connectivity index (χ2v) is 14.5. The van der Waals surface area contributed by atoms with E-state index in [1.807, 2.05) is 54.0 Å². The molecule has 3 heterocycles. The van der Waals surface area contributed by atoms with Gasteiger partial charge in [0.25, 0.3) is 11.2 Å². The minimum atomic E-state index is -0.910. The van der Waals surface area contributed by atoms with Gasteiger partial charge in [-0.3, -0.25) is 19.5 Å². The lowest BCUT2D eigenvalue weighted by Crippen LogP contribution is -2.40. The van der Waals surface area contributed by atoms with E-state index in [9.17, 15) is 19.7 Å². The molecule has 0 aliphatic carbocycles. The standard InChI is InChI=1S/C38H28Cl2N6O5S2/c1-3-44-34(24-11-8-12-27(40)19-24)42-43-38(44)52-29-18-17-28(46(49)50)20-25(29)21-30-35(47)45-33(23-13-15-26(39)16-14-23)31(36(48)51-4-2)32(41-37(45)53-30)22-9-6-5-7-10-22/h5-21,33H,3-4H2,1-2H3/b30-21+/t33-/m0/s1. The number of carbonyl (C=O) groups is 1. The number of nitrogens with zero attached hydrogens (tertiary/aromatic N) is 6. The molecule has 0 radical (unpaired) electrons. The van der Waals surface area contributed by atoms with Gasteiger partial charge < -0.3 is 9.30 Å². The Morgan fingerprint density at radius 1 is 0.962 bits per heavy atom. The molecular weight excluding hydrogens is 755 g/mol. The first-order chi connectivity index (χ1) is 25.7. The molecule has 4 aromatic carbocycles. The molecule has 0 amide bonds. The van der Waals surface area contributed by atoms with E-state index in [-0.39, 0.29) is 22.4 Å². The van der Waals surface area contributed by atoms with E-state index in [0.717, 1.165) is 16.9 Å². The van der Waals surface area contributed by atoms with Crippen molar-refractivity contribution in [3.8, 4) is 11.4 Å². The maximum atomic E-state index is 14.5. The highest BCUT2D eigenvalue weighted by molar-refractivity contribution is 7.99. The first kappa shape index (κ1) is 36.0. The van der Waals surface area contributed by atoms with Crippen molar-refractivity contribution < 1.29 is 14.5 Å². The van der Waals surface area contributed by atoms with Crippen LogP contribution in [0.5, 0.6) is 0 Å². The molecule has 1 aliphatic heterocycles. The number of esters is 1. The zero-order valence-corrected chi connectivity index (χ0v) is 31.2.